The second-order valence-electron chi connectivity index (χ2n) is 4.12. The lowest BCUT2D eigenvalue weighted by Crippen LogP contribution is -2.27. The summed E-state index contributed by atoms with van der Waals surface area (Å²) in [4.78, 5) is 35.0. The van der Waals surface area contributed by atoms with Crippen LogP contribution in [0, 0.1) is 0 Å². The number of amides is 2. The van der Waals surface area contributed by atoms with Crippen LogP contribution in [0.1, 0.15) is 17.3 Å². The van der Waals surface area contributed by atoms with Crippen molar-refractivity contribution in [3.05, 3.63) is 29.8 Å². The zero-order chi connectivity index (χ0) is 14.4. The minimum absolute atomic E-state index is 0.188. The van der Waals surface area contributed by atoms with Crippen molar-refractivity contribution in [3.8, 4) is 0 Å². The molecular weight excluding hydrogens is 248 g/mol. The SMILES string of the molecule is CC(=O)Nc1ccc(C(=O)OCC(=O)N(C)C)cc1. The van der Waals surface area contributed by atoms with Crippen LogP contribution in [0.4, 0.5) is 5.69 Å². The molecule has 0 aliphatic heterocycles. The third-order valence-corrected chi connectivity index (χ3v) is 2.27. The number of hydrogen-bond donors (Lipinski definition) is 1. The maximum Gasteiger partial charge on any atom is 0.338 e. The Morgan fingerprint density at radius 1 is 1.16 bits per heavy atom. The quantitative estimate of drug-likeness (QED) is 0.819. The number of hydrogen-bond acceptors (Lipinski definition) is 4. The van der Waals surface area contributed by atoms with E-state index >= 15 is 0 Å². The summed E-state index contributed by atoms with van der Waals surface area (Å²) >= 11 is 0. The van der Waals surface area contributed by atoms with Gasteiger partial charge in [0.1, 0.15) is 0 Å². The molecule has 0 heterocycles. The van der Waals surface area contributed by atoms with E-state index in [9.17, 15) is 14.4 Å². The summed E-state index contributed by atoms with van der Waals surface area (Å²) in [5, 5.41) is 2.58. The molecule has 1 rings (SSSR count). The van der Waals surface area contributed by atoms with Crippen molar-refractivity contribution in [1.29, 1.82) is 0 Å². The molecule has 0 aliphatic rings. The minimum Gasteiger partial charge on any atom is -0.452 e. The van der Waals surface area contributed by atoms with Gasteiger partial charge < -0.3 is 15.0 Å². The summed E-state index contributed by atoms with van der Waals surface area (Å²) in [7, 11) is 3.16. The summed E-state index contributed by atoms with van der Waals surface area (Å²) in [5.74, 6) is -1.06. The van der Waals surface area contributed by atoms with Gasteiger partial charge in [-0.05, 0) is 24.3 Å². The molecule has 0 atom stereocenters. The number of esters is 1. The van der Waals surface area contributed by atoms with E-state index in [1.165, 1.54) is 24.0 Å². The Balaban J connectivity index is 2.58. The standard InChI is InChI=1S/C13H16N2O4/c1-9(16)14-11-6-4-10(5-7-11)13(18)19-8-12(17)15(2)3/h4-7H,8H2,1-3H3,(H,14,16). The lowest BCUT2D eigenvalue weighted by Gasteiger charge is -2.10. The van der Waals surface area contributed by atoms with Crippen molar-refractivity contribution < 1.29 is 19.1 Å². The van der Waals surface area contributed by atoms with Gasteiger partial charge in [0.05, 0.1) is 5.56 Å². The van der Waals surface area contributed by atoms with Crippen molar-refractivity contribution >= 4 is 23.5 Å². The van der Waals surface area contributed by atoms with Crippen molar-refractivity contribution in [1.82, 2.24) is 4.90 Å². The van der Waals surface area contributed by atoms with E-state index in [0.29, 0.717) is 11.3 Å². The van der Waals surface area contributed by atoms with Crippen LogP contribution in [0.2, 0.25) is 0 Å². The molecule has 0 saturated heterocycles. The van der Waals surface area contributed by atoms with Gasteiger partial charge in [-0.2, -0.15) is 0 Å². The maximum atomic E-state index is 11.6. The molecule has 0 saturated carbocycles. The number of ether oxygens (including phenoxy) is 1. The second kappa shape index (κ2) is 6.53. The zero-order valence-corrected chi connectivity index (χ0v) is 11.1. The molecule has 2 amide bonds. The summed E-state index contributed by atoms with van der Waals surface area (Å²) in [6.07, 6.45) is 0. The molecule has 0 spiro atoms. The van der Waals surface area contributed by atoms with E-state index in [4.69, 9.17) is 4.74 Å². The molecule has 0 aromatic heterocycles. The topological polar surface area (TPSA) is 75.7 Å². The smallest absolute Gasteiger partial charge is 0.338 e. The first-order valence-corrected chi connectivity index (χ1v) is 5.65. The van der Waals surface area contributed by atoms with E-state index < -0.39 is 5.97 Å². The van der Waals surface area contributed by atoms with Gasteiger partial charge in [-0.1, -0.05) is 0 Å². The predicted octanol–water partition coefficient (Wildman–Crippen LogP) is 0.890. The van der Waals surface area contributed by atoms with Crippen LogP contribution in [0.15, 0.2) is 24.3 Å². The molecule has 0 unspecified atom stereocenters. The fourth-order valence-corrected chi connectivity index (χ4v) is 1.23. The monoisotopic (exact) mass is 264 g/mol. The zero-order valence-electron chi connectivity index (χ0n) is 11.1. The van der Waals surface area contributed by atoms with Crippen LogP contribution < -0.4 is 5.32 Å². The average Bonchev–Trinajstić information content (AvgIpc) is 2.35. The second-order valence-corrected chi connectivity index (χ2v) is 4.12. The number of benzene rings is 1. The van der Waals surface area contributed by atoms with E-state index in [1.807, 2.05) is 0 Å². The Morgan fingerprint density at radius 3 is 2.21 bits per heavy atom. The van der Waals surface area contributed by atoms with E-state index in [2.05, 4.69) is 5.32 Å². The van der Waals surface area contributed by atoms with E-state index in [0.717, 1.165) is 0 Å². The highest BCUT2D eigenvalue weighted by Crippen LogP contribution is 2.10. The van der Waals surface area contributed by atoms with Gasteiger partial charge in [0.15, 0.2) is 6.61 Å². The number of carbonyl (C=O) groups is 3. The Labute approximate surface area is 111 Å². The van der Waals surface area contributed by atoms with Gasteiger partial charge in [0, 0.05) is 26.7 Å². The normalized spacial score (nSPS) is 9.63. The number of anilines is 1. The average molecular weight is 264 g/mol. The maximum absolute atomic E-state index is 11.6. The third kappa shape index (κ3) is 4.79. The largest absolute Gasteiger partial charge is 0.452 e. The molecule has 0 fully saturated rings. The highest BCUT2D eigenvalue weighted by Gasteiger charge is 2.11. The number of rotatable bonds is 4. The van der Waals surface area contributed by atoms with Crippen molar-refractivity contribution in [2.45, 2.75) is 6.92 Å². The summed E-state index contributed by atoms with van der Waals surface area (Å²) in [6.45, 7) is 1.11. The van der Waals surface area contributed by atoms with Crippen molar-refractivity contribution in [2.75, 3.05) is 26.0 Å². The molecule has 1 aromatic rings. The Morgan fingerprint density at radius 2 is 1.74 bits per heavy atom. The third-order valence-electron chi connectivity index (χ3n) is 2.27. The highest BCUT2D eigenvalue weighted by molar-refractivity contribution is 5.93. The van der Waals surface area contributed by atoms with E-state index in [-0.39, 0.29) is 18.4 Å². The molecule has 0 aliphatic carbocycles. The van der Waals surface area contributed by atoms with Crippen LogP contribution in [0.25, 0.3) is 0 Å². The number of carbonyl (C=O) groups excluding carboxylic acids is 3. The molecule has 6 heteroatoms. The van der Waals surface area contributed by atoms with Crippen LogP contribution in [-0.2, 0) is 14.3 Å². The lowest BCUT2D eigenvalue weighted by atomic mass is 10.2. The molecule has 0 bridgehead atoms. The van der Waals surface area contributed by atoms with Crippen molar-refractivity contribution in [2.24, 2.45) is 0 Å². The molecule has 6 nitrogen and oxygen atoms in total. The summed E-state index contributed by atoms with van der Waals surface area (Å²) in [5.41, 5.74) is 0.911. The molecule has 1 aromatic carbocycles. The molecule has 1 N–H and O–H groups in total. The fourth-order valence-electron chi connectivity index (χ4n) is 1.23. The lowest BCUT2D eigenvalue weighted by molar-refractivity contribution is -0.132. The number of likely N-dealkylation sites (N-methyl/N-ethyl adjacent to an activating group) is 1. The summed E-state index contributed by atoms with van der Waals surface area (Å²) in [6, 6.07) is 6.22. The highest BCUT2D eigenvalue weighted by atomic mass is 16.5. The van der Waals surface area contributed by atoms with Gasteiger partial charge >= 0.3 is 5.97 Å². The van der Waals surface area contributed by atoms with Crippen LogP contribution in [-0.4, -0.2) is 43.4 Å². The minimum atomic E-state index is -0.579. The summed E-state index contributed by atoms with van der Waals surface area (Å²) < 4.78 is 4.85. The molecule has 0 radical (unpaired) electrons. The van der Waals surface area contributed by atoms with Crippen LogP contribution >= 0.6 is 0 Å². The van der Waals surface area contributed by atoms with Gasteiger partial charge in [-0.15, -0.1) is 0 Å². The predicted molar refractivity (Wildman–Crippen MR) is 69.7 cm³/mol. The molecular formula is C13H16N2O4. The van der Waals surface area contributed by atoms with E-state index in [1.54, 1.807) is 26.2 Å². The first-order chi connectivity index (χ1) is 8.90. The first-order valence-electron chi connectivity index (χ1n) is 5.65. The van der Waals surface area contributed by atoms with Crippen LogP contribution in [0.5, 0.6) is 0 Å². The number of nitrogens with one attached hydrogen (secondary N) is 1. The Hall–Kier alpha value is -2.37. The van der Waals surface area contributed by atoms with Gasteiger partial charge in [0.2, 0.25) is 5.91 Å². The van der Waals surface area contributed by atoms with Gasteiger partial charge in [0.25, 0.3) is 5.91 Å². The first kappa shape index (κ1) is 14.7. The Kier molecular flexibility index (Phi) is 5.05. The molecule has 102 valence electrons. The number of nitrogens with zero attached hydrogens (tertiary/aromatic N) is 1. The molecule has 19 heavy (non-hydrogen) atoms. The van der Waals surface area contributed by atoms with Gasteiger partial charge in [-0.3, -0.25) is 9.59 Å². The van der Waals surface area contributed by atoms with Crippen molar-refractivity contribution in [3.63, 3.8) is 0 Å². The van der Waals surface area contributed by atoms with Gasteiger partial charge in [-0.25, -0.2) is 4.79 Å². The van der Waals surface area contributed by atoms with Crippen LogP contribution in [0.3, 0.4) is 0 Å². The fraction of sp³-hybridized carbons (Fsp3) is 0.308. The Bertz CT molecular complexity index is 480.